The van der Waals surface area contributed by atoms with Crippen molar-refractivity contribution in [3.63, 3.8) is 0 Å². The van der Waals surface area contributed by atoms with Gasteiger partial charge in [-0.15, -0.1) is 0 Å². The third-order valence-corrected chi connectivity index (χ3v) is 4.17. The molecule has 0 bridgehead atoms. The predicted molar refractivity (Wildman–Crippen MR) is 63.4 cm³/mol. The van der Waals surface area contributed by atoms with Crippen LogP contribution in [0.3, 0.4) is 0 Å². The summed E-state index contributed by atoms with van der Waals surface area (Å²) in [6, 6.07) is 0. The molecule has 0 radical (unpaired) electrons. The van der Waals surface area contributed by atoms with Crippen LogP contribution in [0.5, 0.6) is 0 Å². The summed E-state index contributed by atoms with van der Waals surface area (Å²) < 4.78 is 0. The van der Waals surface area contributed by atoms with Crippen LogP contribution in [-0.4, -0.2) is 5.78 Å². The molecular formula is C14H17NO. The van der Waals surface area contributed by atoms with Crippen LogP contribution in [0.2, 0.25) is 0 Å². The van der Waals surface area contributed by atoms with Gasteiger partial charge in [0.25, 0.3) is 0 Å². The number of ketones is 1. The van der Waals surface area contributed by atoms with E-state index in [0.29, 0.717) is 11.6 Å². The topological polar surface area (TPSA) is 21.4 Å². The Morgan fingerprint density at radius 1 is 1.38 bits per heavy atom. The van der Waals surface area contributed by atoms with Gasteiger partial charge in [0.1, 0.15) is 0 Å². The van der Waals surface area contributed by atoms with E-state index in [-0.39, 0.29) is 11.2 Å². The summed E-state index contributed by atoms with van der Waals surface area (Å²) >= 11 is 0. The molecule has 16 heavy (non-hydrogen) atoms. The molecule has 2 heteroatoms. The molecule has 0 unspecified atom stereocenters. The van der Waals surface area contributed by atoms with Gasteiger partial charge in [-0.25, -0.2) is 4.85 Å². The molecule has 2 aliphatic rings. The summed E-state index contributed by atoms with van der Waals surface area (Å²) in [6.07, 6.45) is 8.12. The van der Waals surface area contributed by atoms with E-state index in [1.165, 1.54) is 0 Å². The lowest BCUT2D eigenvalue weighted by Gasteiger charge is -2.48. The molecule has 0 saturated heterocycles. The molecular weight excluding hydrogens is 198 g/mol. The van der Waals surface area contributed by atoms with E-state index in [1.54, 1.807) is 0 Å². The molecule has 2 rings (SSSR count). The summed E-state index contributed by atoms with van der Waals surface area (Å²) in [4.78, 5) is 15.6. The smallest absolute Gasteiger partial charge is 0.226 e. The van der Waals surface area contributed by atoms with Crippen molar-refractivity contribution in [2.24, 2.45) is 16.7 Å². The molecule has 0 aliphatic heterocycles. The molecule has 0 amide bonds. The Balaban J connectivity index is 2.58. The molecule has 84 valence electrons. The van der Waals surface area contributed by atoms with Crippen molar-refractivity contribution in [2.75, 3.05) is 0 Å². The van der Waals surface area contributed by atoms with Crippen molar-refractivity contribution in [1.82, 2.24) is 0 Å². The molecule has 0 heterocycles. The first kappa shape index (κ1) is 11.1. The second-order valence-corrected chi connectivity index (χ2v) is 5.66. The second kappa shape index (κ2) is 3.31. The number of Topliss-reactive ketones (excluding diaryl/α,β-unsaturated/α-hetero) is 1. The third-order valence-electron chi connectivity index (χ3n) is 4.17. The minimum absolute atomic E-state index is 0.0141. The number of hydrogen-bond donors (Lipinski definition) is 0. The Labute approximate surface area is 96.9 Å². The fourth-order valence-corrected chi connectivity index (χ4v) is 3.21. The highest BCUT2D eigenvalue weighted by molar-refractivity contribution is 6.02. The molecule has 0 fully saturated rings. The van der Waals surface area contributed by atoms with Gasteiger partial charge in [-0.1, -0.05) is 39.0 Å². The van der Waals surface area contributed by atoms with Crippen LogP contribution < -0.4 is 0 Å². The van der Waals surface area contributed by atoms with E-state index in [2.05, 4.69) is 23.9 Å². The fourth-order valence-electron chi connectivity index (χ4n) is 3.21. The van der Waals surface area contributed by atoms with Crippen LogP contribution in [0, 0.1) is 23.3 Å². The number of carbonyl (C=O) groups excluding carboxylic acids is 1. The summed E-state index contributed by atoms with van der Waals surface area (Å²) in [6.45, 7) is 13.2. The number of nitrogens with zero attached hydrogens (tertiary/aromatic N) is 1. The molecule has 2 atom stereocenters. The summed E-state index contributed by atoms with van der Waals surface area (Å²) in [5.74, 6) is 0.336. The van der Waals surface area contributed by atoms with Crippen molar-refractivity contribution >= 4 is 5.78 Å². The molecule has 0 N–H and O–H groups in total. The minimum Gasteiger partial charge on any atom is -0.307 e. The highest BCUT2D eigenvalue weighted by atomic mass is 16.1. The quantitative estimate of drug-likeness (QED) is 0.448. The first-order chi connectivity index (χ1) is 7.42. The summed E-state index contributed by atoms with van der Waals surface area (Å²) in [5.41, 5.74) is -0.0979. The number of rotatable bonds is 0. The average molecular weight is 215 g/mol. The Hall–Kier alpha value is -1.36. The van der Waals surface area contributed by atoms with Crippen LogP contribution >= 0.6 is 0 Å². The van der Waals surface area contributed by atoms with Gasteiger partial charge in [-0.05, 0) is 24.2 Å². The van der Waals surface area contributed by atoms with E-state index >= 15 is 0 Å². The van der Waals surface area contributed by atoms with Gasteiger partial charge in [0.2, 0.25) is 5.70 Å². The van der Waals surface area contributed by atoms with Gasteiger partial charge in [0.05, 0.1) is 6.57 Å². The monoisotopic (exact) mass is 215 g/mol. The van der Waals surface area contributed by atoms with Crippen LogP contribution in [0.1, 0.15) is 33.6 Å². The Bertz CT molecular complexity index is 436. The van der Waals surface area contributed by atoms with Crippen LogP contribution in [-0.2, 0) is 4.79 Å². The van der Waals surface area contributed by atoms with E-state index in [9.17, 15) is 4.79 Å². The van der Waals surface area contributed by atoms with E-state index < -0.39 is 5.41 Å². The number of allylic oxidation sites excluding steroid dienone is 4. The van der Waals surface area contributed by atoms with Crippen molar-refractivity contribution in [2.45, 2.75) is 33.6 Å². The average Bonchev–Trinajstić information content (AvgIpc) is 2.24. The van der Waals surface area contributed by atoms with Crippen LogP contribution in [0.25, 0.3) is 4.85 Å². The Morgan fingerprint density at radius 3 is 2.69 bits per heavy atom. The maximum Gasteiger partial charge on any atom is 0.226 e. The highest BCUT2D eigenvalue weighted by Gasteiger charge is 2.50. The normalized spacial score (nSPS) is 36.2. The zero-order valence-corrected chi connectivity index (χ0v) is 10.1. The van der Waals surface area contributed by atoms with Gasteiger partial charge in [-0.2, -0.15) is 0 Å². The van der Waals surface area contributed by atoms with E-state index in [4.69, 9.17) is 6.57 Å². The summed E-state index contributed by atoms with van der Waals surface area (Å²) in [7, 11) is 0. The zero-order valence-electron chi connectivity index (χ0n) is 10.1. The van der Waals surface area contributed by atoms with Crippen LogP contribution in [0.4, 0.5) is 0 Å². The first-order valence-corrected chi connectivity index (χ1v) is 5.72. The van der Waals surface area contributed by atoms with Crippen molar-refractivity contribution in [3.05, 3.63) is 35.3 Å². The van der Waals surface area contributed by atoms with Gasteiger partial charge < -0.3 is 4.79 Å². The zero-order chi connectivity index (χ0) is 12.0. The van der Waals surface area contributed by atoms with Crippen LogP contribution in [0.15, 0.2) is 23.9 Å². The van der Waals surface area contributed by atoms with Gasteiger partial charge in [0.15, 0.2) is 5.78 Å². The number of fused-ring (bicyclic) bond motifs is 1. The molecule has 0 aromatic carbocycles. The Morgan fingerprint density at radius 2 is 2.06 bits per heavy atom. The maximum absolute atomic E-state index is 12.2. The lowest BCUT2D eigenvalue weighted by atomic mass is 9.55. The minimum atomic E-state index is -0.409. The first-order valence-electron chi connectivity index (χ1n) is 5.72. The Kier molecular flexibility index (Phi) is 2.31. The second-order valence-electron chi connectivity index (χ2n) is 5.66. The third kappa shape index (κ3) is 1.35. The largest absolute Gasteiger partial charge is 0.307 e. The number of carbonyl (C=O) groups is 1. The maximum atomic E-state index is 12.2. The molecule has 2 nitrogen and oxygen atoms in total. The van der Waals surface area contributed by atoms with Crippen molar-refractivity contribution in [3.8, 4) is 0 Å². The standard InChI is InChI=1S/C14H17NO/c1-13(2)11-7-5-6-8-14(11,3)9-10(15-4)12(13)16/h5-6,9,11H,7-8H2,1-3H3/t11-,14-/m1/s1. The molecule has 0 saturated carbocycles. The van der Waals surface area contributed by atoms with Gasteiger partial charge >= 0.3 is 0 Å². The SMILES string of the molecule is [C-]#[N+]C1=C[C@@]2(C)CC=CC[C@@H]2C(C)(C)C1=O. The van der Waals surface area contributed by atoms with Crippen molar-refractivity contribution < 1.29 is 4.79 Å². The predicted octanol–water partition coefficient (Wildman–Crippen LogP) is 3.37. The van der Waals surface area contributed by atoms with E-state index in [0.717, 1.165) is 12.8 Å². The molecule has 0 aromatic heterocycles. The molecule has 0 aromatic rings. The highest BCUT2D eigenvalue weighted by Crippen LogP contribution is 2.53. The summed E-state index contributed by atoms with van der Waals surface area (Å²) in [5, 5.41) is 0. The van der Waals surface area contributed by atoms with Gasteiger partial charge in [0, 0.05) is 5.41 Å². The number of hydrogen-bond acceptors (Lipinski definition) is 1. The lowest BCUT2D eigenvalue weighted by molar-refractivity contribution is -0.129. The van der Waals surface area contributed by atoms with E-state index in [1.807, 2.05) is 19.9 Å². The van der Waals surface area contributed by atoms with Crippen molar-refractivity contribution in [1.29, 1.82) is 0 Å². The lowest BCUT2D eigenvalue weighted by Crippen LogP contribution is -2.46. The molecule has 0 spiro atoms. The fraction of sp³-hybridized carbons (Fsp3) is 0.571. The van der Waals surface area contributed by atoms with Gasteiger partial charge in [-0.3, -0.25) is 0 Å². The molecule has 2 aliphatic carbocycles.